The van der Waals surface area contributed by atoms with Gasteiger partial charge in [0, 0.05) is 5.69 Å². The number of aryl methyl sites for hydroxylation is 2. The molecule has 0 bridgehead atoms. The Balaban J connectivity index is 2.29. The third-order valence-electron chi connectivity index (χ3n) is 4.09. The first-order valence-electron chi connectivity index (χ1n) is 8.28. The predicted molar refractivity (Wildman–Crippen MR) is 96.9 cm³/mol. The molecule has 0 heterocycles. The summed E-state index contributed by atoms with van der Waals surface area (Å²) in [5, 5.41) is -1.61. The molecule has 0 radical (unpaired) electrons. The number of nitrogens with one attached hydrogen (secondary N) is 2. The van der Waals surface area contributed by atoms with Gasteiger partial charge in [0.2, 0.25) is 9.84 Å². The van der Waals surface area contributed by atoms with E-state index in [1.54, 1.807) is 5.32 Å². The van der Waals surface area contributed by atoms with Crippen molar-refractivity contribution >= 4 is 27.5 Å². The Hall–Kier alpha value is -3.09. The summed E-state index contributed by atoms with van der Waals surface area (Å²) in [6.45, 7) is 2.20. The van der Waals surface area contributed by atoms with E-state index in [0.29, 0.717) is 6.07 Å². The summed E-state index contributed by atoms with van der Waals surface area (Å²) in [6.07, 6.45) is -4.47. The quantitative estimate of drug-likeness (QED) is 0.645. The van der Waals surface area contributed by atoms with Crippen LogP contribution in [0.4, 0.5) is 36.8 Å². The van der Waals surface area contributed by atoms with Crippen LogP contribution in [0.3, 0.4) is 0 Å². The van der Waals surface area contributed by atoms with E-state index in [-0.39, 0.29) is 11.3 Å². The molecule has 0 saturated heterocycles. The van der Waals surface area contributed by atoms with Gasteiger partial charge < -0.3 is 5.32 Å². The molecule has 0 unspecified atom stereocenters. The van der Waals surface area contributed by atoms with Crippen LogP contribution in [0, 0.1) is 25.5 Å². The molecule has 0 aromatic heterocycles. The summed E-state index contributed by atoms with van der Waals surface area (Å²) < 4.78 is 103. The summed E-state index contributed by atoms with van der Waals surface area (Å²) in [4.78, 5) is 22.8. The Morgan fingerprint density at radius 3 is 2.06 bits per heavy atom. The number of imide groups is 1. The van der Waals surface area contributed by atoms with Crippen molar-refractivity contribution < 1.29 is 44.3 Å². The largest absolute Gasteiger partial charge is 0.408 e. The van der Waals surface area contributed by atoms with Gasteiger partial charge in [0.25, 0.3) is 5.91 Å². The molecule has 31 heavy (non-hydrogen) atoms. The van der Waals surface area contributed by atoms with Crippen molar-refractivity contribution in [1.82, 2.24) is 5.32 Å². The van der Waals surface area contributed by atoms with Crippen LogP contribution in [-0.2, 0) is 9.84 Å². The molecule has 2 aromatic rings. The number of rotatable bonds is 5. The number of benzene rings is 2. The van der Waals surface area contributed by atoms with Crippen molar-refractivity contribution in [2.45, 2.75) is 30.4 Å². The molecule has 2 aromatic carbocycles. The molecule has 13 heteroatoms. The highest BCUT2D eigenvalue weighted by Crippen LogP contribution is 2.37. The zero-order valence-corrected chi connectivity index (χ0v) is 16.6. The van der Waals surface area contributed by atoms with E-state index in [9.17, 15) is 44.3 Å². The molecule has 0 aliphatic heterocycles. The van der Waals surface area contributed by atoms with Gasteiger partial charge in [0.15, 0.2) is 0 Å². The minimum Gasteiger partial charge on any atom is -0.307 e. The summed E-state index contributed by atoms with van der Waals surface area (Å²) in [5.41, 5.74) is -1.72. The molecule has 0 spiro atoms. The van der Waals surface area contributed by atoms with E-state index in [1.807, 2.05) is 0 Å². The van der Waals surface area contributed by atoms with Crippen LogP contribution in [0.25, 0.3) is 0 Å². The number of carbonyl (C=O) groups excluding carboxylic acids is 2. The second-order valence-corrected chi connectivity index (χ2v) is 8.29. The minimum absolute atomic E-state index is 0.131. The number of halogens is 6. The van der Waals surface area contributed by atoms with Gasteiger partial charge in [0.1, 0.15) is 17.2 Å². The first kappa shape index (κ1) is 24.2. The fourth-order valence-electron chi connectivity index (χ4n) is 2.51. The van der Waals surface area contributed by atoms with Crippen LogP contribution in [0.1, 0.15) is 21.5 Å². The Morgan fingerprint density at radius 2 is 1.55 bits per heavy atom. The lowest BCUT2D eigenvalue weighted by Gasteiger charge is -2.19. The van der Waals surface area contributed by atoms with Crippen molar-refractivity contribution in [1.29, 1.82) is 0 Å². The smallest absolute Gasteiger partial charge is 0.307 e. The van der Waals surface area contributed by atoms with E-state index in [1.165, 1.54) is 6.92 Å². The Labute approximate surface area is 172 Å². The van der Waals surface area contributed by atoms with Crippen molar-refractivity contribution in [2.75, 3.05) is 5.32 Å². The molecule has 6 nitrogen and oxygen atoms in total. The zero-order chi connectivity index (χ0) is 23.7. The molecule has 3 amide bonds. The molecule has 0 atom stereocenters. The average Bonchev–Trinajstić information content (AvgIpc) is 2.63. The highest BCUT2D eigenvalue weighted by Gasteiger charge is 2.55. The monoisotopic (exact) mass is 468 g/mol. The van der Waals surface area contributed by atoms with Gasteiger partial charge >= 0.3 is 17.7 Å². The topological polar surface area (TPSA) is 92.3 Å². The maximum absolute atomic E-state index is 13.6. The van der Waals surface area contributed by atoms with Crippen molar-refractivity contribution in [3.63, 3.8) is 0 Å². The van der Waals surface area contributed by atoms with Crippen molar-refractivity contribution in [2.24, 2.45) is 0 Å². The van der Waals surface area contributed by atoms with E-state index in [4.69, 9.17) is 0 Å². The van der Waals surface area contributed by atoms with Crippen LogP contribution in [-0.4, -0.2) is 32.0 Å². The molecular formula is C18H14F6N2O4S. The highest BCUT2D eigenvalue weighted by atomic mass is 32.2. The lowest BCUT2D eigenvalue weighted by Crippen LogP contribution is -2.37. The number of sulfone groups is 1. The van der Waals surface area contributed by atoms with E-state index in [0.717, 1.165) is 31.2 Å². The molecule has 0 fully saturated rings. The summed E-state index contributed by atoms with van der Waals surface area (Å²) in [7, 11) is -5.75. The van der Waals surface area contributed by atoms with Crippen LogP contribution < -0.4 is 10.6 Å². The van der Waals surface area contributed by atoms with Crippen molar-refractivity contribution in [3.8, 4) is 0 Å². The fourth-order valence-corrected chi connectivity index (χ4v) is 3.85. The molecule has 2 N–H and O–H groups in total. The summed E-state index contributed by atoms with van der Waals surface area (Å²) in [5.74, 6) is -3.88. The van der Waals surface area contributed by atoms with Crippen molar-refractivity contribution in [3.05, 3.63) is 58.7 Å². The average molecular weight is 468 g/mol. The van der Waals surface area contributed by atoms with Gasteiger partial charge in [-0.1, -0.05) is 6.07 Å². The Bertz CT molecular complexity index is 1130. The van der Waals surface area contributed by atoms with Crippen LogP contribution in [0.15, 0.2) is 35.2 Å². The normalized spacial score (nSPS) is 12.0. The molecule has 0 saturated carbocycles. The zero-order valence-electron chi connectivity index (χ0n) is 15.8. The number of anilines is 1. The minimum atomic E-state index is -5.75. The van der Waals surface area contributed by atoms with E-state index < -0.39 is 61.1 Å². The fraction of sp³-hybridized carbons (Fsp3) is 0.222. The van der Waals surface area contributed by atoms with Gasteiger partial charge in [0.05, 0.1) is 4.90 Å². The number of amides is 3. The molecule has 0 aliphatic carbocycles. The van der Waals surface area contributed by atoms with Gasteiger partial charge in [-0.15, -0.1) is 0 Å². The number of carbonyl (C=O) groups is 2. The van der Waals surface area contributed by atoms with Crippen LogP contribution in [0.5, 0.6) is 0 Å². The lowest BCUT2D eigenvalue weighted by molar-refractivity contribution is -0.0637. The number of alkyl halides is 4. The van der Waals surface area contributed by atoms with Crippen LogP contribution in [0.2, 0.25) is 0 Å². The Kier molecular flexibility index (Phi) is 6.69. The molecule has 0 aliphatic rings. The first-order chi connectivity index (χ1) is 14.2. The highest BCUT2D eigenvalue weighted by molar-refractivity contribution is 7.92. The van der Waals surface area contributed by atoms with E-state index >= 15 is 0 Å². The molecule has 2 rings (SSSR count). The SMILES string of the molecule is Cc1cc(S(=O)(=O)C(F)(F)C(F)F)c(C)cc1NC(=O)NC(=O)c1c(F)cccc1F. The van der Waals surface area contributed by atoms with Gasteiger partial charge in [-0.2, -0.15) is 8.78 Å². The predicted octanol–water partition coefficient (Wildman–Crippen LogP) is 4.18. The maximum Gasteiger partial charge on any atom is 0.408 e. The number of urea groups is 1. The second kappa shape index (κ2) is 8.57. The maximum atomic E-state index is 13.6. The number of hydrogen-bond donors (Lipinski definition) is 2. The Morgan fingerprint density at radius 1 is 1.00 bits per heavy atom. The van der Waals surface area contributed by atoms with Gasteiger partial charge in [-0.25, -0.2) is 30.8 Å². The number of hydrogen-bond acceptors (Lipinski definition) is 4. The standard InChI is InChI=1S/C18H14F6N2O4S/c1-8-7-13(31(29,30)18(23,24)16(21)22)9(2)6-12(8)25-17(28)26-15(27)14-10(19)4-3-5-11(14)20/h3-7,16H,1-2H3,(H2,25,26,27,28). The molecule has 168 valence electrons. The lowest BCUT2D eigenvalue weighted by atomic mass is 10.1. The van der Waals surface area contributed by atoms with Crippen LogP contribution >= 0.6 is 0 Å². The summed E-state index contributed by atoms with van der Waals surface area (Å²) >= 11 is 0. The van der Waals surface area contributed by atoms with Gasteiger partial charge in [-0.05, 0) is 49.2 Å². The van der Waals surface area contributed by atoms with Gasteiger partial charge in [-0.3, -0.25) is 10.1 Å². The summed E-state index contributed by atoms with van der Waals surface area (Å²) in [6, 6.07) is 2.85. The van der Waals surface area contributed by atoms with E-state index in [2.05, 4.69) is 5.32 Å². The molecular weight excluding hydrogens is 454 g/mol. The second-order valence-electron chi connectivity index (χ2n) is 6.30. The first-order valence-corrected chi connectivity index (χ1v) is 9.76. The third-order valence-corrected chi connectivity index (χ3v) is 6.00. The third kappa shape index (κ3) is 4.65.